The lowest BCUT2D eigenvalue weighted by atomic mass is 9.89. The van der Waals surface area contributed by atoms with Gasteiger partial charge < -0.3 is 10.2 Å². The molecule has 0 aliphatic heterocycles. The first kappa shape index (κ1) is 8.02. The Hall–Kier alpha value is -0.600. The molecule has 0 amide bonds. The molecule has 0 heterocycles. The average Bonchev–Trinajstić information content (AvgIpc) is 2.64. The summed E-state index contributed by atoms with van der Waals surface area (Å²) in [6, 6.07) is 0. The summed E-state index contributed by atoms with van der Waals surface area (Å²) in [7, 11) is 0. The molecule has 0 aromatic heterocycles. The number of rotatable bonds is 2. The number of aliphatic hydroxyl groups is 2. The zero-order valence-corrected chi connectivity index (χ0v) is 6.98. The molecule has 2 bridgehead atoms. The molecule has 2 N–H and O–H groups in total. The molecule has 2 aliphatic rings. The summed E-state index contributed by atoms with van der Waals surface area (Å²) in [6.45, 7) is 0.320. The fourth-order valence-electron chi connectivity index (χ4n) is 2.44. The normalized spacial score (nSPS) is 41.5. The van der Waals surface area contributed by atoms with Gasteiger partial charge in [0, 0.05) is 5.92 Å². The van der Waals surface area contributed by atoms with Gasteiger partial charge in [0.2, 0.25) is 0 Å². The third-order valence-corrected chi connectivity index (χ3v) is 3.01. The third kappa shape index (κ3) is 1.03. The molecular formula is C10H14O2. The van der Waals surface area contributed by atoms with Crippen LogP contribution in [0.1, 0.15) is 6.42 Å². The third-order valence-electron chi connectivity index (χ3n) is 3.01. The topological polar surface area (TPSA) is 40.5 Å². The van der Waals surface area contributed by atoms with E-state index in [-0.39, 0.29) is 19.1 Å². The van der Waals surface area contributed by atoms with Crippen LogP contribution in [0.25, 0.3) is 0 Å². The molecule has 3 atom stereocenters. The second-order valence-electron chi connectivity index (χ2n) is 3.57. The van der Waals surface area contributed by atoms with Crippen molar-refractivity contribution in [2.45, 2.75) is 6.42 Å². The second kappa shape index (κ2) is 3.04. The van der Waals surface area contributed by atoms with Crippen molar-refractivity contribution in [3.05, 3.63) is 23.8 Å². The molecule has 12 heavy (non-hydrogen) atoms. The van der Waals surface area contributed by atoms with Gasteiger partial charge in [0.15, 0.2) is 0 Å². The van der Waals surface area contributed by atoms with Gasteiger partial charge in [-0.05, 0) is 18.3 Å². The molecule has 2 nitrogen and oxygen atoms in total. The van der Waals surface area contributed by atoms with Crippen molar-refractivity contribution in [1.29, 1.82) is 0 Å². The molecule has 0 aromatic rings. The van der Waals surface area contributed by atoms with E-state index in [1.165, 1.54) is 5.57 Å². The van der Waals surface area contributed by atoms with Gasteiger partial charge in [0.25, 0.3) is 0 Å². The van der Waals surface area contributed by atoms with Crippen molar-refractivity contribution >= 4 is 0 Å². The lowest BCUT2D eigenvalue weighted by Gasteiger charge is -2.18. The average molecular weight is 166 g/mol. The smallest absolute Gasteiger partial charge is 0.0615 e. The summed E-state index contributed by atoms with van der Waals surface area (Å²) in [4.78, 5) is 0. The van der Waals surface area contributed by atoms with Gasteiger partial charge in [-0.25, -0.2) is 0 Å². The Morgan fingerprint density at radius 2 is 2.25 bits per heavy atom. The Morgan fingerprint density at radius 3 is 2.92 bits per heavy atom. The maximum absolute atomic E-state index is 9.13. The van der Waals surface area contributed by atoms with Crippen LogP contribution in [0.4, 0.5) is 0 Å². The zero-order chi connectivity index (χ0) is 8.55. The van der Waals surface area contributed by atoms with Gasteiger partial charge in [0.05, 0.1) is 13.2 Å². The Labute approximate surface area is 72.2 Å². The molecule has 0 aromatic carbocycles. The summed E-state index contributed by atoms with van der Waals surface area (Å²) in [5, 5.41) is 17.9. The molecule has 0 radical (unpaired) electrons. The zero-order valence-electron chi connectivity index (χ0n) is 6.98. The fraction of sp³-hybridized carbons (Fsp3) is 0.600. The number of allylic oxidation sites excluding steroid dienone is 2. The quantitative estimate of drug-likeness (QED) is 0.593. The molecule has 66 valence electrons. The van der Waals surface area contributed by atoms with Crippen molar-refractivity contribution in [1.82, 2.24) is 0 Å². The SMILES string of the molecule is OC/C=C1\[C@@H]2C=C[C@@H](C2)[C@@H]1CO. The highest BCUT2D eigenvalue weighted by atomic mass is 16.3. The van der Waals surface area contributed by atoms with E-state index in [0.717, 1.165) is 6.42 Å². The minimum Gasteiger partial charge on any atom is -0.396 e. The van der Waals surface area contributed by atoms with Gasteiger partial charge in [-0.1, -0.05) is 23.8 Å². The number of hydrogen-bond donors (Lipinski definition) is 2. The summed E-state index contributed by atoms with van der Waals surface area (Å²) in [5.41, 5.74) is 1.24. The molecule has 2 heteroatoms. The van der Waals surface area contributed by atoms with Gasteiger partial charge in [0.1, 0.15) is 0 Å². The first-order valence-electron chi connectivity index (χ1n) is 4.46. The second-order valence-corrected chi connectivity index (χ2v) is 3.57. The van der Waals surface area contributed by atoms with Crippen LogP contribution in [0, 0.1) is 17.8 Å². The molecule has 0 unspecified atom stereocenters. The Balaban J connectivity index is 2.23. The van der Waals surface area contributed by atoms with Crippen molar-refractivity contribution < 1.29 is 10.2 Å². The molecular weight excluding hydrogens is 152 g/mol. The summed E-state index contributed by atoms with van der Waals surface area (Å²) >= 11 is 0. The highest BCUT2D eigenvalue weighted by Crippen LogP contribution is 2.47. The maximum Gasteiger partial charge on any atom is 0.0615 e. The summed E-state index contributed by atoms with van der Waals surface area (Å²) in [5.74, 6) is 1.31. The Morgan fingerprint density at radius 1 is 1.42 bits per heavy atom. The molecule has 0 saturated heterocycles. The monoisotopic (exact) mass is 166 g/mol. The van der Waals surface area contributed by atoms with Gasteiger partial charge >= 0.3 is 0 Å². The first-order chi connectivity index (χ1) is 5.86. The number of fused-ring (bicyclic) bond motifs is 2. The predicted octanol–water partition coefficient (Wildman–Crippen LogP) is 0.720. The van der Waals surface area contributed by atoms with Crippen LogP contribution in [-0.2, 0) is 0 Å². The Kier molecular flexibility index (Phi) is 2.03. The predicted molar refractivity (Wildman–Crippen MR) is 46.5 cm³/mol. The molecule has 1 saturated carbocycles. The largest absolute Gasteiger partial charge is 0.396 e. The van der Waals surface area contributed by atoms with Crippen LogP contribution in [0.3, 0.4) is 0 Å². The van der Waals surface area contributed by atoms with Crippen LogP contribution in [0.2, 0.25) is 0 Å². The number of hydrogen-bond acceptors (Lipinski definition) is 2. The Bertz CT molecular complexity index is 230. The van der Waals surface area contributed by atoms with E-state index < -0.39 is 0 Å². The van der Waals surface area contributed by atoms with E-state index in [4.69, 9.17) is 10.2 Å². The van der Waals surface area contributed by atoms with E-state index in [0.29, 0.717) is 11.8 Å². The van der Waals surface area contributed by atoms with Crippen molar-refractivity contribution in [3.63, 3.8) is 0 Å². The van der Waals surface area contributed by atoms with Crippen LogP contribution in [0.15, 0.2) is 23.8 Å². The van der Waals surface area contributed by atoms with Crippen LogP contribution >= 0.6 is 0 Å². The lowest BCUT2D eigenvalue weighted by molar-refractivity contribution is 0.229. The van der Waals surface area contributed by atoms with Gasteiger partial charge in [-0.15, -0.1) is 0 Å². The highest BCUT2D eigenvalue weighted by Gasteiger charge is 2.39. The van der Waals surface area contributed by atoms with E-state index >= 15 is 0 Å². The summed E-state index contributed by atoms with van der Waals surface area (Å²) < 4.78 is 0. The van der Waals surface area contributed by atoms with Crippen LogP contribution in [-0.4, -0.2) is 23.4 Å². The summed E-state index contributed by atoms with van der Waals surface area (Å²) in [6.07, 6.45) is 7.38. The fourth-order valence-corrected chi connectivity index (χ4v) is 2.44. The maximum atomic E-state index is 9.13. The van der Waals surface area contributed by atoms with E-state index in [9.17, 15) is 0 Å². The van der Waals surface area contributed by atoms with Gasteiger partial charge in [-0.3, -0.25) is 0 Å². The van der Waals surface area contributed by atoms with Crippen molar-refractivity contribution in [3.8, 4) is 0 Å². The van der Waals surface area contributed by atoms with E-state index in [2.05, 4.69) is 12.2 Å². The van der Waals surface area contributed by atoms with Gasteiger partial charge in [-0.2, -0.15) is 0 Å². The van der Waals surface area contributed by atoms with Crippen molar-refractivity contribution in [2.24, 2.45) is 17.8 Å². The highest BCUT2D eigenvalue weighted by molar-refractivity contribution is 5.30. The minimum atomic E-state index is 0.100. The number of aliphatic hydroxyl groups excluding tert-OH is 2. The molecule has 2 aliphatic carbocycles. The lowest BCUT2D eigenvalue weighted by Crippen LogP contribution is -2.14. The first-order valence-corrected chi connectivity index (χ1v) is 4.46. The molecule has 2 rings (SSSR count). The van der Waals surface area contributed by atoms with E-state index in [1.54, 1.807) is 0 Å². The van der Waals surface area contributed by atoms with Crippen LogP contribution in [0.5, 0.6) is 0 Å². The van der Waals surface area contributed by atoms with Crippen molar-refractivity contribution in [2.75, 3.05) is 13.2 Å². The molecule has 0 spiro atoms. The van der Waals surface area contributed by atoms with E-state index in [1.807, 2.05) is 6.08 Å². The molecule has 1 fully saturated rings. The minimum absolute atomic E-state index is 0.100. The van der Waals surface area contributed by atoms with Crippen LogP contribution < -0.4 is 0 Å². The standard InChI is InChI=1S/C10H14O2/c11-4-3-9-7-1-2-8(5-7)10(9)6-12/h1-3,7-8,10-12H,4-6H2/b9-3+/t7-,8+,10+/m1/s1.